The molecule has 0 amide bonds. The van der Waals surface area contributed by atoms with E-state index in [0.717, 1.165) is 6.42 Å². The summed E-state index contributed by atoms with van der Waals surface area (Å²) in [7, 11) is 0. The van der Waals surface area contributed by atoms with Crippen LogP contribution in [0.1, 0.15) is 20.3 Å². The van der Waals surface area contributed by atoms with Gasteiger partial charge in [0.25, 0.3) is 0 Å². The van der Waals surface area contributed by atoms with Crippen molar-refractivity contribution in [2.45, 2.75) is 44.2 Å². The maximum Gasteiger partial charge on any atom is 0.120 e. The van der Waals surface area contributed by atoms with Gasteiger partial charge in [-0.15, -0.1) is 0 Å². The van der Waals surface area contributed by atoms with Crippen molar-refractivity contribution in [3.05, 3.63) is 0 Å². The molecule has 3 nitrogen and oxygen atoms in total. The molecule has 3 heteroatoms. The lowest BCUT2D eigenvalue weighted by molar-refractivity contribution is -0.139. The molecule has 64 valence electrons. The molecule has 1 N–H and O–H groups in total. The average Bonchev–Trinajstić information content (AvgIpc) is 2.42. The highest BCUT2D eigenvalue weighted by Gasteiger charge is 2.58. The summed E-state index contributed by atoms with van der Waals surface area (Å²) >= 11 is 0. The van der Waals surface area contributed by atoms with E-state index < -0.39 is 6.10 Å². The highest BCUT2D eigenvalue weighted by atomic mass is 16.6. The van der Waals surface area contributed by atoms with E-state index in [9.17, 15) is 5.11 Å². The van der Waals surface area contributed by atoms with Gasteiger partial charge in [-0.05, 0) is 13.3 Å². The molecule has 0 unspecified atom stereocenters. The minimum atomic E-state index is -0.414. The first kappa shape index (κ1) is 7.53. The van der Waals surface area contributed by atoms with Crippen molar-refractivity contribution in [2.75, 3.05) is 6.61 Å². The Labute approximate surface area is 66.3 Å². The maximum absolute atomic E-state index is 9.70. The van der Waals surface area contributed by atoms with E-state index in [2.05, 4.69) is 0 Å². The fourth-order valence-corrected chi connectivity index (χ4v) is 2.04. The van der Waals surface area contributed by atoms with Gasteiger partial charge in [-0.1, -0.05) is 6.92 Å². The van der Waals surface area contributed by atoms with Gasteiger partial charge in [0.15, 0.2) is 0 Å². The zero-order valence-corrected chi connectivity index (χ0v) is 6.91. The molecule has 4 atom stereocenters. The summed E-state index contributed by atoms with van der Waals surface area (Å²) in [5.41, 5.74) is -0.385. The van der Waals surface area contributed by atoms with Gasteiger partial charge in [-0.2, -0.15) is 0 Å². The highest BCUT2D eigenvalue weighted by Crippen LogP contribution is 2.41. The standard InChI is InChI=1S/C8H14O3/c1-3-8-4-10-6(7(8)9)5(2)11-8/h5-7,9H,3-4H2,1-2H3/t5-,6-,7-,8-/m0/s1. The van der Waals surface area contributed by atoms with E-state index in [1.807, 2.05) is 13.8 Å². The Morgan fingerprint density at radius 2 is 2.36 bits per heavy atom. The fraction of sp³-hybridized carbons (Fsp3) is 1.00. The third-order valence-corrected chi connectivity index (χ3v) is 2.85. The molecule has 2 bridgehead atoms. The predicted octanol–water partition coefficient (Wildman–Crippen LogP) is 0.314. The van der Waals surface area contributed by atoms with Crippen LogP contribution in [0.5, 0.6) is 0 Å². The van der Waals surface area contributed by atoms with E-state index in [4.69, 9.17) is 9.47 Å². The van der Waals surface area contributed by atoms with E-state index in [-0.39, 0.29) is 17.8 Å². The molecule has 0 aromatic carbocycles. The number of ether oxygens (including phenoxy) is 2. The van der Waals surface area contributed by atoms with Crippen molar-refractivity contribution in [3.63, 3.8) is 0 Å². The molecule has 0 spiro atoms. The van der Waals surface area contributed by atoms with Crippen LogP contribution in [0, 0.1) is 0 Å². The van der Waals surface area contributed by atoms with Gasteiger partial charge in [0.05, 0.1) is 12.7 Å². The van der Waals surface area contributed by atoms with Crippen molar-refractivity contribution in [2.24, 2.45) is 0 Å². The van der Waals surface area contributed by atoms with E-state index >= 15 is 0 Å². The predicted molar refractivity (Wildman–Crippen MR) is 39.3 cm³/mol. The quantitative estimate of drug-likeness (QED) is 0.597. The van der Waals surface area contributed by atoms with E-state index in [1.165, 1.54) is 0 Å². The topological polar surface area (TPSA) is 38.7 Å². The minimum Gasteiger partial charge on any atom is -0.387 e. The van der Waals surface area contributed by atoms with Gasteiger partial charge in [0, 0.05) is 0 Å². The molecule has 2 saturated heterocycles. The lowest BCUT2D eigenvalue weighted by Crippen LogP contribution is -2.39. The van der Waals surface area contributed by atoms with Crippen molar-refractivity contribution in [1.29, 1.82) is 0 Å². The molecule has 2 aliphatic rings. The van der Waals surface area contributed by atoms with E-state index in [1.54, 1.807) is 0 Å². The number of aliphatic hydroxyl groups is 1. The van der Waals surface area contributed by atoms with Gasteiger partial charge in [-0.3, -0.25) is 0 Å². The number of hydrogen-bond acceptors (Lipinski definition) is 3. The maximum atomic E-state index is 9.70. The van der Waals surface area contributed by atoms with Gasteiger partial charge >= 0.3 is 0 Å². The highest BCUT2D eigenvalue weighted by molar-refractivity contribution is 5.05. The second kappa shape index (κ2) is 2.19. The number of hydrogen-bond donors (Lipinski definition) is 1. The smallest absolute Gasteiger partial charge is 0.120 e. The van der Waals surface area contributed by atoms with Gasteiger partial charge in [-0.25, -0.2) is 0 Å². The minimum absolute atomic E-state index is 0.0544. The van der Waals surface area contributed by atoms with Crippen LogP contribution >= 0.6 is 0 Å². The summed E-state index contributed by atoms with van der Waals surface area (Å²) < 4.78 is 11.0. The molecule has 11 heavy (non-hydrogen) atoms. The molecule has 0 radical (unpaired) electrons. The summed E-state index contributed by atoms with van der Waals surface area (Å²) in [4.78, 5) is 0. The van der Waals surface area contributed by atoms with Gasteiger partial charge in [0.2, 0.25) is 0 Å². The molecule has 2 heterocycles. The van der Waals surface area contributed by atoms with Crippen molar-refractivity contribution in [3.8, 4) is 0 Å². The van der Waals surface area contributed by atoms with Crippen LogP contribution in [-0.2, 0) is 9.47 Å². The Morgan fingerprint density at radius 1 is 1.64 bits per heavy atom. The Morgan fingerprint density at radius 3 is 2.64 bits per heavy atom. The second-order valence-corrected chi connectivity index (χ2v) is 3.46. The van der Waals surface area contributed by atoms with Crippen LogP contribution in [-0.4, -0.2) is 35.6 Å². The van der Waals surface area contributed by atoms with Crippen LogP contribution in [0.4, 0.5) is 0 Å². The van der Waals surface area contributed by atoms with Crippen LogP contribution in [0.25, 0.3) is 0 Å². The summed E-state index contributed by atoms with van der Waals surface area (Å²) in [5, 5.41) is 9.70. The number of fused-ring (bicyclic) bond motifs is 2. The molecule has 0 aliphatic carbocycles. The van der Waals surface area contributed by atoms with Gasteiger partial charge in [0.1, 0.15) is 17.8 Å². The third kappa shape index (κ3) is 0.789. The van der Waals surface area contributed by atoms with E-state index in [0.29, 0.717) is 6.61 Å². The average molecular weight is 158 g/mol. The summed E-state index contributed by atoms with van der Waals surface area (Å²) in [6, 6.07) is 0. The molecule has 2 fully saturated rings. The first-order valence-corrected chi connectivity index (χ1v) is 4.17. The molecule has 0 saturated carbocycles. The van der Waals surface area contributed by atoms with Gasteiger partial charge < -0.3 is 14.6 Å². The van der Waals surface area contributed by atoms with Crippen LogP contribution in [0.3, 0.4) is 0 Å². The van der Waals surface area contributed by atoms with Crippen LogP contribution in [0.2, 0.25) is 0 Å². The summed E-state index contributed by atoms with van der Waals surface area (Å²) in [5.74, 6) is 0. The number of rotatable bonds is 1. The fourth-order valence-electron chi connectivity index (χ4n) is 2.04. The Hall–Kier alpha value is -0.120. The zero-order valence-electron chi connectivity index (χ0n) is 6.91. The Bertz CT molecular complexity index is 171. The molecule has 0 aromatic heterocycles. The largest absolute Gasteiger partial charge is 0.387 e. The first-order chi connectivity index (χ1) is 5.19. The SMILES string of the molecule is CC[C@@]12CO[C@@H]([C@H](C)O1)[C@@H]2O. The lowest BCUT2D eigenvalue weighted by Gasteiger charge is -2.27. The molecule has 0 aromatic rings. The molecule has 2 rings (SSSR count). The molecular weight excluding hydrogens is 144 g/mol. The normalized spacial score (nSPS) is 55.4. The Kier molecular flexibility index (Phi) is 1.50. The van der Waals surface area contributed by atoms with Crippen molar-refractivity contribution in [1.82, 2.24) is 0 Å². The summed E-state index contributed by atoms with van der Waals surface area (Å²) in [6.45, 7) is 4.52. The molecule has 2 aliphatic heterocycles. The zero-order chi connectivity index (χ0) is 8.06. The second-order valence-electron chi connectivity index (χ2n) is 3.46. The van der Waals surface area contributed by atoms with Crippen molar-refractivity contribution >= 4 is 0 Å². The first-order valence-electron chi connectivity index (χ1n) is 4.17. The summed E-state index contributed by atoms with van der Waals surface area (Å²) in [6.07, 6.45) is 0.380. The molecular formula is C8H14O3. The van der Waals surface area contributed by atoms with Crippen molar-refractivity contribution < 1.29 is 14.6 Å². The Balaban J connectivity index is 2.24. The monoisotopic (exact) mass is 158 g/mol. The lowest BCUT2D eigenvalue weighted by atomic mass is 9.96. The van der Waals surface area contributed by atoms with Crippen LogP contribution < -0.4 is 0 Å². The van der Waals surface area contributed by atoms with Crippen LogP contribution in [0.15, 0.2) is 0 Å². The third-order valence-electron chi connectivity index (χ3n) is 2.85. The number of aliphatic hydroxyl groups excluding tert-OH is 1.